The van der Waals surface area contributed by atoms with Crippen LogP contribution in [-0.4, -0.2) is 33.0 Å². The summed E-state index contributed by atoms with van der Waals surface area (Å²) in [5.74, 6) is 0. The van der Waals surface area contributed by atoms with E-state index in [0.717, 1.165) is 0 Å². The summed E-state index contributed by atoms with van der Waals surface area (Å²) < 4.78 is 35.1. The van der Waals surface area contributed by atoms with Crippen molar-refractivity contribution in [2.45, 2.75) is 6.18 Å². The van der Waals surface area contributed by atoms with E-state index in [1.807, 2.05) is 6.33 Å². The Kier molecular flexibility index (Phi) is 6.68. The number of nitrogens with zero attached hydrogens (tertiary/aromatic N) is 2. The van der Waals surface area contributed by atoms with Gasteiger partial charge in [-0.1, -0.05) is 12.4 Å². The Labute approximate surface area is 89.2 Å². The maximum Gasteiger partial charge on any atom is 2.00 e. The van der Waals surface area contributed by atoms with Gasteiger partial charge in [0, 0.05) is 6.33 Å². The average Bonchev–Trinajstić information content (AvgIpc) is 1.88. The van der Waals surface area contributed by atoms with Gasteiger partial charge in [-0.05, 0) is 5.56 Å². The first-order valence-electron chi connectivity index (χ1n) is 2.36. The smallest absolute Gasteiger partial charge is 1.00 e. The van der Waals surface area contributed by atoms with Gasteiger partial charge in [0.05, 0.1) is 0 Å². The molecule has 0 aliphatic heterocycles. The van der Waals surface area contributed by atoms with Crippen LogP contribution in [0.1, 0.15) is 5.56 Å². The molecule has 1 rings (SSSR count). The molecule has 0 N–H and O–H groups in total. The molecular formula is C5H2ClF3MgN2. The Morgan fingerprint density at radius 1 is 1.17 bits per heavy atom. The molecule has 2 nitrogen and oxygen atoms in total. The normalized spacial score (nSPS) is 9.58. The number of aromatic nitrogens is 2. The van der Waals surface area contributed by atoms with Gasteiger partial charge >= 0.3 is 29.2 Å². The van der Waals surface area contributed by atoms with Crippen LogP contribution >= 0.6 is 0 Å². The molecule has 0 aliphatic rings. The zero-order valence-corrected chi connectivity index (χ0v) is 7.94. The second-order valence-electron chi connectivity index (χ2n) is 1.57. The van der Waals surface area contributed by atoms with Crippen molar-refractivity contribution >= 4 is 23.1 Å². The molecule has 0 amide bonds. The summed E-state index contributed by atoms with van der Waals surface area (Å²) in [5, 5.41) is 0. The summed E-state index contributed by atoms with van der Waals surface area (Å²) in [4.78, 5) is 6.19. The van der Waals surface area contributed by atoms with Gasteiger partial charge in [0.25, 0.3) is 0 Å². The van der Waals surface area contributed by atoms with Crippen LogP contribution in [0, 0.1) is 6.33 Å². The monoisotopic (exact) mass is 206 g/mol. The van der Waals surface area contributed by atoms with E-state index in [4.69, 9.17) is 0 Å². The van der Waals surface area contributed by atoms with Crippen LogP contribution in [0.4, 0.5) is 13.2 Å². The summed E-state index contributed by atoms with van der Waals surface area (Å²) in [7, 11) is 0. The number of halogens is 4. The Hall–Kier alpha value is -0.0738. The minimum Gasteiger partial charge on any atom is -1.00 e. The Morgan fingerprint density at radius 3 is 1.83 bits per heavy atom. The maximum atomic E-state index is 11.7. The van der Waals surface area contributed by atoms with Gasteiger partial charge in [-0.15, -0.1) is 0 Å². The first-order chi connectivity index (χ1) is 4.61. The van der Waals surface area contributed by atoms with E-state index in [1.165, 1.54) is 0 Å². The van der Waals surface area contributed by atoms with Crippen molar-refractivity contribution in [2.24, 2.45) is 0 Å². The van der Waals surface area contributed by atoms with E-state index in [2.05, 4.69) is 9.97 Å². The van der Waals surface area contributed by atoms with Gasteiger partial charge in [-0.25, -0.2) is 0 Å². The van der Waals surface area contributed by atoms with Crippen molar-refractivity contribution < 1.29 is 25.6 Å². The van der Waals surface area contributed by atoms with Crippen LogP contribution in [0.2, 0.25) is 0 Å². The average molecular weight is 207 g/mol. The zero-order chi connectivity index (χ0) is 7.61. The van der Waals surface area contributed by atoms with Crippen LogP contribution in [0.3, 0.4) is 0 Å². The summed E-state index contributed by atoms with van der Waals surface area (Å²) in [6.07, 6.45) is -1.00. The van der Waals surface area contributed by atoms with Crippen LogP contribution in [0.5, 0.6) is 0 Å². The summed E-state index contributed by atoms with van der Waals surface area (Å²) in [6, 6.07) is 0. The third kappa shape index (κ3) is 4.08. The largest absolute Gasteiger partial charge is 2.00 e. The zero-order valence-electron chi connectivity index (χ0n) is 5.77. The quantitative estimate of drug-likeness (QED) is 0.360. The molecule has 0 unspecified atom stereocenters. The van der Waals surface area contributed by atoms with Crippen LogP contribution in [0.25, 0.3) is 0 Å². The molecule has 1 aromatic rings. The van der Waals surface area contributed by atoms with Crippen molar-refractivity contribution in [3.63, 3.8) is 0 Å². The minimum atomic E-state index is -4.35. The molecular weight excluding hydrogens is 205 g/mol. The van der Waals surface area contributed by atoms with E-state index in [1.54, 1.807) is 0 Å². The van der Waals surface area contributed by atoms with Crippen molar-refractivity contribution in [1.82, 2.24) is 9.97 Å². The van der Waals surface area contributed by atoms with Crippen LogP contribution in [0.15, 0.2) is 12.4 Å². The number of hydrogen-bond acceptors (Lipinski definition) is 2. The third-order valence-electron chi connectivity index (χ3n) is 0.850. The standard InChI is InChI=1S/C5H2F3N2.ClH.Mg/c6-5(7,8)4-1-9-3-10-2-4;;/h1-2H;1H;/q-1;;+2/p-1. The van der Waals surface area contributed by atoms with Gasteiger partial charge in [0.2, 0.25) is 0 Å². The number of rotatable bonds is 0. The molecule has 0 fully saturated rings. The molecule has 0 saturated heterocycles. The van der Waals surface area contributed by atoms with Crippen molar-refractivity contribution in [1.29, 1.82) is 0 Å². The second-order valence-corrected chi connectivity index (χ2v) is 1.57. The summed E-state index contributed by atoms with van der Waals surface area (Å²) in [5.41, 5.74) is -0.855. The third-order valence-corrected chi connectivity index (χ3v) is 0.850. The fourth-order valence-corrected chi connectivity index (χ4v) is 0.410. The molecule has 1 heterocycles. The van der Waals surface area contributed by atoms with Crippen LogP contribution < -0.4 is 12.4 Å². The number of alkyl halides is 3. The van der Waals surface area contributed by atoms with Gasteiger partial charge in [-0.3, -0.25) is 0 Å². The molecule has 0 aliphatic carbocycles. The Morgan fingerprint density at radius 2 is 1.58 bits per heavy atom. The van der Waals surface area contributed by atoms with E-state index in [9.17, 15) is 13.2 Å². The molecule has 1 aromatic heterocycles. The molecule has 0 atom stereocenters. The van der Waals surface area contributed by atoms with E-state index >= 15 is 0 Å². The maximum absolute atomic E-state index is 11.7. The molecule has 0 spiro atoms. The van der Waals surface area contributed by atoms with Crippen molar-refractivity contribution in [3.05, 3.63) is 24.3 Å². The van der Waals surface area contributed by atoms with Gasteiger partial charge in [-0.2, -0.15) is 13.2 Å². The van der Waals surface area contributed by atoms with Crippen molar-refractivity contribution in [3.8, 4) is 0 Å². The molecule has 0 radical (unpaired) electrons. The van der Waals surface area contributed by atoms with E-state index < -0.39 is 11.7 Å². The number of hydrogen-bond donors (Lipinski definition) is 0. The summed E-state index contributed by atoms with van der Waals surface area (Å²) >= 11 is 0. The van der Waals surface area contributed by atoms with E-state index in [0.29, 0.717) is 12.4 Å². The molecule has 0 saturated carbocycles. The first-order valence-corrected chi connectivity index (χ1v) is 2.36. The Bertz CT molecular complexity index is 216. The SMILES string of the molecule is FC(F)(F)c1cn[c-]nc1.[Cl-].[Mg+2]. The minimum absolute atomic E-state index is 0. The molecule has 62 valence electrons. The summed E-state index contributed by atoms with van der Waals surface area (Å²) in [6.45, 7) is 0. The fraction of sp³-hybridized carbons (Fsp3) is 0.200. The molecule has 12 heavy (non-hydrogen) atoms. The van der Waals surface area contributed by atoms with Crippen LogP contribution in [-0.2, 0) is 6.18 Å². The van der Waals surface area contributed by atoms with Gasteiger partial charge in [0.1, 0.15) is 0 Å². The fourth-order valence-electron chi connectivity index (χ4n) is 0.410. The second kappa shape index (κ2) is 5.55. The van der Waals surface area contributed by atoms with Crippen molar-refractivity contribution in [2.75, 3.05) is 0 Å². The van der Waals surface area contributed by atoms with Gasteiger partial charge in [0.15, 0.2) is 0 Å². The predicted molar refractivity (Wildman–Crippen MR) is 31.6 cm³/mol. The molecule has 7 heteroatoms. The topological polar surface area (TPSA) is 25.8 Å². The van der Waals surface area contributed by atoms with E-state index in [-0.39, 0.29) is 35.5 Å². The first kappa shape index (κ1) is 14.5. The van der Waals surface area contributed by atoms with Gasteiger partial charge < -0.3 is 22.4 Å². The molecule has 0 aromatic carbocycles. The predicted octanol–water partition coefficient (Wildman–Crippen LogP) is -2.08. The Balaban J connectivity index is 0. The molecule has 0 bridgehead atoms.